The summed E-state index contributed by atoms with van der Waals surface area (Å²) in [4.78, 5) is 17.1. The number of hydrogen-bond acceptors (Lipinski definition) is 6. The molecule has 7 heteroatoms. The maximum absolute atomic E-state index is 12.7. The van der Waals surface area contributed by atoms with Crippen LogP contribution in [0.2, 0.25) is 0 Å². The summed E-state index contributed by atoms with van der Waals surface area (Å²) in [5.74, 6) is 1.99. The van der Waals surface area contributed by atoms with E-state index in [9.17, 15) is 4.79 Å². The van der Waals surface area contributed by atoms with Gasteiger partial charge in [0, 0.05) is 32.1 Å². The molecule has 4 rings (SSSR count). The van der Waals surface area contributed by atoms with Crippen LogP contribution in [0.25, 0.3) is 0 Å². The fourth-order valence-electron chi connectivity index (χ4n) is 3.98. The minimum Gasteiger partial charge on any atom is -0.378 e. The molecule has 2 saturated heterocycles. The summed E-state index contributed by atoms with van der Waals surface area (Å²) in [7, 11) is 0. The number of carbonyl (C=O) groups excluding carboxylic acids is 1. The molecule has 1 unspecified atom stereocenters. The average molecular weight is 396 g/mol. The van der Waals surface area contributed by atoms with Gasteiger partial charge in [-0.25, -0.2) is 0 Å². The zero-order chi connectivity index (χ0) is 20.1. The Bertz CT molecular complexity index is 785. The Balaban J connectivity index is 1.28. The molecule has 0 bridgehead atoms. The SMILES string of the molecule is CC(NC(=O)C1CCN(c2ccc(N3CCOCC3)nn2)CC1)c1ccccc1. The van der Waals surface area contributed by atoms with Gasteiger partial charge in [0.25, 0.3) is 0 Å². The highest BCUT2D eigenvalue weighted by molar-refractivity contribution is 5.79. The van der Waals surface area contributed by atoms with E-state index in [0.717, 1.165) is 69.4 Å². The Labute approximate surface area is 172 Å². The normalized spacial score (nSPS) is 19.1. The van der Waals surface area contributed by atoms with Crippen LogP contribution in [0, 0.1) is 5.92 Å². The molecule has 0 spiro atoms. The van der Waals surface area contributed by atoms with Crippen LogP contribution in [0.3, 0.4) is 0 Å². The third kappa shape index (κ3) is 4.85. The second kappa shape index (κ2) is 9.22. The van der Waals surface area contributed by atoms with E-state index in [1.54, 1.807) is 0 Å². The zero-order valence-electron chi connectivity index (χ0n) is 17.0. The third-order valence-corrected chi connectivity index (χ3v) is 5.82. The number of aromatic nitrogens is 2. The van der Waals surface area contributed by atoms with Crippen molar-refractivity contribution in [2.75, 3.05) is 49.2 Å². The molecule has 2 fully saturated rings. The van der Waals surface area contributed by atoms with Crippen molar-refractivity contribution in [2.45, 2.75) is 25.8 Å². The molecule has 2 aliphatic rings. The molecule has 1 aromatic carbocycles. The topological polar surface area (TPSA) is 70.6 Å². The first-order chi connectivity index (χ1) is 14.2. The molecule has 0 saturated carbocycles. The summed E-state index contributed by atoms with van der Waals surface area (Å²) < 4.78 is 5.39. The number of nitrogens with zero attached hydrogens (tertiary/aromatic N) is 4. The van der Waals surface area contributed by atoms with E-state index >= 15 is 0 Å². The van der Waals surface area contributed by atoms with Crippen molar-refractivity contribution >= 4 is 17.5 Å². The molecule has 2 aromatic rings. The van der Waals surface area contributed by atoms with E-state index in [1.165, 1.54) is 0 Å². The van der Waals surface area contributed by atoms with Gasteiger partial charge in [-0.05, 0) is 37.5 Å². The summed E-state index contributed by atoms with van der Waals surface area (Å²) in [6.45, 7) is 6.87. The Morgan fingerprint density at radius 1 is 0.966 bits per heavy atom. The van der Waals surface area contributed by atoms with Crippen LogP contribution in [0.1, 0.15) is 31.4 Å². The standard InChI is InChI=1S/C22H29N5O2/c1-17(18-5-3-2-4-6-18)23-22(28)19-9-11-26(12-10-19)20-7-8-21(25-24-20)27-13-15-29-16-14-27/h2-8,17,19H,9-16H2,1H3,(H,23,28). The summed E-state index contributed by atoms with van der Waals surface area (Å²) in [6.07, 6.45) is 1.67. The van der Waals surface area contributed by atoms with Crippen LogP contribution in [-0.4, -0.2) is 55.5 Å². The van der Waals surface area contributed by atoms with Gasteiger partial charge in [0.1, 0.15) is 0 Å². The number of carbonyl (C=O) groups is 1. The van der Waals surface area contributed by atoms with Crippen molar-refractivity contribution < 1.29 is 9.53 Å². The lowest BCUT2D eigenvalue weighted by Crippen LogP contribution is -2.41. The number of nitrogens with one attached hydrogen (secondary N) is 1. The molecule has 1 aromatic heterocycles. The first-order valence-corrected chi connectivity index (χ1v) is 10.5. The third-order valence-electron chi connectivity index (χ3n) is 5.82. The van der Waals surface area contributed by atoms with Crippen molar-refractivity contribution in [1.82, 2.24) is 15.5 Å². The number of benzene rings is 1. The van der Waals surface area contributed by atoms with Gasteiger partial charge in [0.2, 0.25) is 5.91 Å². The minimum absolute atomic E-state index is 0.0281. The number of hydrogen-bond donors (Lipinski definition) is 1. The maximum atomic E-state index is 12.7. The molecular formula is C22H29N5O2. The van der Waals surface area contributed by atoms with Crippen LogP contribution in [-0.2, 0) is 9.53 Å². The van der Waals surface area contributed by atoms with E-state index in [0.29, 0.717) is 0 Å². The summed E-state index contributed by atoms with van der Waals surface area (Å²) in [5, 5.41) is 12.0. The van der Waals surface area contributed by atoms with Gasteiger partial charge in [0.05, 0.1) is 19.3 Å². The smallest absolute Gasteiger partial charge is 0.223 e. The van der Waals surface area contributed by atoms with Crippen LogP contribution < -0.4 is 15.1 Å². The summed E-state index contributed by atoms with van der Waals surface area (Å²) in [6, 6.07) is 14.2. The number of anilines is 2. The minimum atomic E-state index is 0.0281. The predicted molar refractivity (Wildman–Crippen MR) is 113 cm³/mol. The highest BCUT2D eigenvalue weighted by atomic mass is 16.5. The molecule has 7 nitrogen and oxygen atoms in total. The fourth-order valence-corrected chi connectivity index (χ4v) is 3.98. The van der Waals surface area contributed by atoms with Crippen molar-refractivity contribution in [3.63, 3.8) is 0 Å². The Kier molecular flexibility index (Phi) is 6.24. The largest absolute Gasteiger partial charge is 0.378 e. The molecule has 0 aliphatic carbocycles. The Morgan fingerprint density at radius 2 is 1.55 bits per heavy atom. The second-order valence-electron chi connectivity index (χ2n) is 7.75. The molecule has 1 amide bonds. The van der Waals surface area contributed by atoms with Gasteiger partial charge < -0.3 is 19.9 Å². The lowest BCUT2D eigenvalue weighted by Gasteiger charge is -2.33. The monoisotopic (exact) mass is 395 g/mol. The zero-order valence-corrected chi connectivity index (χ0v) is 17.0. The molecule has 29 heavy (non-hydrogen) atoms. The number of rotatable bonds is 5. The van der Waals surface area contributed by atoms with Crippen molar-refractivity contribution in [3.05, 3.63) is 48.0 Å². The molecule has 154 valence electrons. The van der Waals surface area contributed by atoms with Gasteiger partial charge in [-0.3, -0.25) is 4.79 Å². The van der Waals surface area contributed by atoms with Crippen LogP contribution in [0.4, 0.5) is 11.6 Å². The quantitative estimate of drug-likeness (QED) is 0.838. The van der Waals surface area contributed by atoms with Gasteiger partial charge in [-0.15, -0.1) is 10.2 Å². The first kappa shape index (κ1) is 19.6. The van der Waals surface area contributed by atoms with E-state index in [1.807, 2.05) is 49.4 Å². The van der Waals surface area contributed by atoms with E-state index in [2.05, 4.69) is 25.3 Å². The van der Waals surface area contributed by atoms with Crippen LogP contribution in [0.5, 0.6) is 0 Å². The molecule has 3 heterocycles. The highest BCUT2D eigenvalue weighted by Gasteiger charge is 2.27. The molecule has 0 radical (unpaired) electrons. The first-order valence-electron chi connectivity index (χ1n) is 10.5. The highest BCUT2D eigenvalue weighted by Crippen LogP contribution is 2.24. The van der Waals surface area contributed by atoms with Crippen molar-refractivity contribution in [1.29, 1.82) is 0 Å². The van der Waals surface area contributed by atoms with Gasteiger partial charge >= 0.3 is 0 Å². The number of piperidine rings is 1. The lowest BCUT2D eigenvalue weighted by atomic mass is 9.95. The van der Waals surface area contributed by atoms with E-state index < -0.39 is 0 Å². The molecule has 1 atom stereocenters. The predicted octanol–water partition coefficient (Wildman–Crippen LogP) is 2.41. The fraction of sp³-hybridized carbons (Fsp3) is 0.500. The second-order valence-corrected chi connectivity index (χ2v) is 7.75. The Hall–Kier alpha value is -2.67. The van der Waals surface area contributed by atoms with E-state index in [4.69, 9.17) is 4.74 Å². The lowest BCUT2D eigenvalue weighted by molar-refractivity contribution is -0.126. The summed E-state index contributed by atoms with van der Waals surface area (Å²) in [5.41, 5.74) is 1.13. The van der Waals surface area contributed by atoms with Crippen molar-refractivity contribution in [2.24, 2.45) is 5.92 Å². The number of amides is 1. The molecule has 2 aliphatic heterocycles. The van der Waals surface area contributed by atoms with Crippen LogP contribution >= 0.6 is 0 Å². The van der Waals surface area contributed by atoms with Crippen molar-refractivity contribution in [3.8, 4) is 0 Å². The Morgan fingerprint density at radius 3 is 2.14 bits per heavy atom. The molecule has 1 N–H and O–H groups in total. The average Bonchev–Trinajstić information content (AvgIpc) is 2.80. The van der Waals surface area contributed by atoms with Crippen LogP contribution in [0.15, 0.2) is 42.5 Å². The van der Waals surface area contributed by atoms with Gasteiger partial charge in [-0.2, -0.15) is 0 Å². The number of morpholine rings is 1. The van der Waals surface area contributed by atoms with Gasteiger partial charge in [0.15, 0.2) is 11.6 Å². The maximum Gasteiger partial charge on any atom is 0.223 e. The van der Waals surface area contributed by atoms with E-state index in [-0.39, 0.29) is 17.9 Å². The molecular weight excluding hydrogens is 366 g/mol. The number of ether oxygens (including phenoxy) is 1. The van der Waals surface area contributed by atoms with Gasteiger partial charge in [-0.1, -0.05) is 30.3 Å². The summed E-state index contributed by atoms with van der Waals surface area (Å²) >= 11 is 0.